The third-order valence-electron chi connectivity index (χ3n) is 4.91. The summed E-state index contributed by atoms with van der Waals surface area (Å²) in [6, 6.07) is 11.6. The van der Waals surface area contributed by atoms with Gasteiger partial charge in [-0.15, -0.1) is 0 Å². The molecule has 0 saturated carbocycles. The standard InChI is InChI=1S/C20H19N5O/c1-12-8-17(26-3)18(14-6-7-23-19(12)14)20(2,22)25-11-24-15-9-13(10-21)4-5-16(15)25/h4-9,11,23H,22H2,1-3H3. The van der Waals surface area contributed by atoms with Crippen LogP contribution in [-0.2, 0) is 5.66 Å². The van der Waals surface area contributed by atoms with Gasteiger partial charge < -0.3 is 20.0 Å². The van der Waals surface area contributed by atoms with Crippen LogP contribution in [-0.4, -0.2) is 21.6 Å². The van der Waals surface area contributed by atoms with Gasteiger partial charge >= 0.3 is 0 Å². The third kappa shape index (κ3) is 2.18. The minimum absolute atomic E-state index is 0.572. The topological polar surface area (TPSA) is 92.7 Å². The number of nitrogens with two attached hydrogens (primary N) is 1. The van der Waals surface area contributed by atoms with E-state index >= 15 is 0 Å². The first-order chi connectivity index (χ1) is 12.5. The Kier molecular flexibility index (Phi) is 3.49. The SMILES string of the molecule is COc1cc(C)c2[nH]ccc2c1C(C)(N)n1cnc2cc(C#N)ccc21. The fourth-order valence-electron chi connectivity index (χ4n) is 3.63. The van der Waals surface area contributed by atoms with Gasteiger partial charge in [0.25, 0.3) is 0 Å². The number of fused-ring (bicyclic) bond motifs is 2. The van der Waals surface area contributed by atoms with Crippen LogP contribution in [0.5, 0.6) is 5.75 Å². The highest BCUT2D eigenvalue weighted by atomic mass is 16.5. The molecule has 0 radical (unpaired) electrons. The van der Waals surface area contributed by atoms with Gasteiger partial charge in [-0.05, 0) is 49.7 Å². The van der Waals surface area contributed by atoms with Gasteiger partial charge in [-0.25, -0.2) is 4.98 Å². The van der Waals surface area contributed by atoms with E-state index in [1.807, 2.05) is 42.8 Å². The van der Waals surface area contributed by atoms with Crippen molar-refractivity contribution in [2.45, 2.75) is 19.5 Å². The Labute approximate surface area is 150 Å². The number of imidazole rings is 1. The van der Waals surface area contributed by atoms with E-state index in [4.69, 9.17) is 15.7 Å². The molecule has 6 heteroatoms. The Morgan fingerprint density at radius 3 is 2.85 bits per heavy atom. The van der Waals surface area contributed by atoms with E-state index in [1.165, 1.54) is 0 Å². The molecule has 130 valence electrons. The van der Waals surface area contributed by atoms with Crippen molar-refractivity contribution in [3.8, 4) is 11.8 Å². The summed E-state index contributed by atoms with van der Waals surface area (Å²) in [5.41, 5.74) is 11.1. The Bertz CT molecular complexity index is 1180. The summed E-state index contributed by atoms with van der Waals surface area (Å²) in [7, 11) is 1.65. The number of aryl methyl sites for hydroxylation is 1. The lowest BCUT2D eigenvalue weighted by atomic mass is 9.94. The monoisotopic (exact) mass is 345 g/mol. The molecule has 3 N–H and O–H groups in total. The maximum absolute atomic E-state index is 9.10. The molecule has 1 unspecified atom stereocenters. The second-order valence-electron chi connectivity index (χ2n) is 6.61. The lowest BCUT2D eigenvalue weighted by molar-refractivity contribution is 0.369. The predicted molar refractivity (Wildman–Crippen MR) is 101 cm³/mol. The predicted octanol–water partition coefficient (Wildman–Crippen LogP) is 3.39. The van der Waals surface area contributed by atoms with E-state index in [1.54, 1.807) is 25.6 Å². The molecular formula is C20H19N5O. The van der Waals surface area contributed by atoms with Crippen LogP contribution < -0.4 is 10.5 Å². The van der Waals surface area contributed by atoms with E-state index < -0.39 is 5.66 Å². The van der Waals surface area contributed by atoms with Crippen molar-refractivity contribution in [1.82, 2.24) is 14.5 Å². The lowest BCUT2D eigenvalue weighted by Crippen LogP contribution is -2.41. The van der Waals surface area contributed by atoms with Crippen LogP contribution in [0.1, 0.15) is 23.6 Å². The fraction of sp³-hybridized carbons (Fsp3) is 0.200. The highest BCUT2D eigenvalue weighted by molar-refractivity contribution is 5.89. The second-order valence-corrected chi connectivity index (χ2v) is 6.61. The molecule has 26 heavy (non-hydrogen) atoms. The van der Waals surface area contributed by atoms with Gasteiger partial charge in [0.05, 0.1) is 36.1 Å². The van der Waals surface area contributed by atoms with Crippen molar-refractivity contribution in [2.75, 3.05) is 7.11 Å². The Hall–Kier alpha value is -3.30. The van der Waals surface area contributed by atoms with Gasteiger partial charge in [0.2, 0.25) is 0 Å². The molecule has 0 fully saturated rings. The van der Waals surface area contributed by atoms with Crippen molar-refractivity contribution in [2.24, 2.45) is 5.73 Å². The minimum atomic E-state index is -0.900. The zero-order chi connectivity index (χ0) is 18.5. The van der Waals surface area contributed by atoms with Crippen LogP contribution in [0.25, 0.3) is 21.9 Å². The van der Waals surface area contributed by atoms with Crippen LogP contribution in [0.2, 0.25) is 0 Å². The minimum Gasteiger partial charge on any atom is -0.496 e. The number of rotatable bonds is 3. The Morgan fingerprint density at radius 1 is 1.31 bits per heavy atom. The quantitative estimate of drug-likeness (QED) is 0.595. The molecule has 0 aliphatic heterocycles. The van der Waals surface area contributed by atoms with Crippen molar-refractivity contribution in [1.29, 1.82) is 5.26 Å². The highest BCUT2D eigenvalue weighted by Crippen LogP contribution is 2.38. The molecule has 0 saturated heterocycles. The van der Waals surface area contributed by atoms with E-state index in [9.17, 15) is 0 Å². The summed E-state index contributed by atoms with van der Waals surface area (Å²) >= 11 is 0. The van der Waals surface area contributed by atoms with Crippen LogP contribution in [0.3, 0.4) is 0 Å². The molecule has 0 amide bonds. The summed E-state index contributed by atoms with van der Waals surface area (Å²) in [6.45, 7) is 3.97. The van der Waals surface area contributed by atoms with E-state index in [-0.39, 0.29) is 0 Å². The number of nitrogens with zero attached hydrogens (tertiary/aromatic N) is 3. The van der Waals surface area contributed by atoms with E-state index in [2.05, 4.69) is 16.0 Å². The van der Waals surface area contributed by atoms with E-state index in [0.29, 0.717) is 5.56 Å². The number of aromatic amines is 1. The number of nitrogens with one attached hydrogen (secondary N) is 1. The van der Waals surface area contributed by atoms with Crippen LogP contribution in [0.4, 0.5) is 0 Å². The molecule has 4 rings (SSSR count). The van der Waals surface area contributed by atoms with Crippen molar-refractivity contribution < 1.29 is 4.74 Å². The molecule has 2 heterocycles. The maximum atomic E-state index is 9.10. The van der Waals surface area contributed by atoms with Crippen LogP contribution >= 0.6 is 0 Å². The summed E-state index contributed by atoms with van der Waals surface area (Å²) in [4.78, 5) is 7.72. The first-order valence-corrected chi connectivity index (χ1v) is 8.29. The van der Waals surface area contributed by atoms with Gasteiger partial charge in [-0.2, -0.15) is 5.26 Å². The zero-order valence-electron chi connectivity index (χ0n) is 14.9. The molecule has 0 aliphatic rings. The normalized spacial score (nSPS) is 13.7. The average Bonchev–Trinajstić information content (AvgIpc) is 3.27. The summed E-state index contributed by atoms with van der Waals surface area (Å²) in [6.07, 6.45) is 3.62. The molecule has 6 nitrogen and oxygen atoms in total. The summed E-state index contributed by atoms with van der Waals surface area (Å²) in [5.74, 6) is 0.732. The third-order valence-corrected chi connectivity index (χ3v) is 4.91. The van der Waals surface area contributed by atoms with Gasteiger partial charge in [0.15, 0.2) is 0 Å². The van der Waals surface area contributed by atoms with Gasteiger partial charge in [-0.3, -0.25) is 0 Å². The number of ether oxygens (including phenoxy) is 1. The first-order valence-electron chi connectivity index (χ1n) is 8.29. The van der Waals surface area contributed by atoms with Crippen molar-refractivity contribution in [3.05, 3.63) is 59.5 Å². The highest BCUT2D eigenvalue weighted by Gasteiger charge is 2.31. The molecule has 1 atom stereocenters. The molecule has 0 spiro atoms. The zero-order valence-corrected chi connectivity index (χ0v) is 14.9. The summed E-state index contributed by atoms with van der Waals surface area (Å²) < 4.78 is 7.59. The molecule has 4 aromatic rings. The van der Waals surface area contributed by atoms with Crippen LogP contribution in [0.15, 0.2) is 42.9 Å². The molecule has 0 aliphatic carbocycles. The second kappa shape index (κ2) is 5.61. The smallest absolute Gasteiger partial charge is 0.126 e. The first kappa shape index (κ1) is 16.2. The summed E-state index contributed by atoms with van der Waals surface area (Å²) in [5, 5.41) is 10.1. The maximum Gasteiger partial charge on any atom is 0.126 e. The Morgan fingerprint density at radius 2 is 2.12 bits per heavy atom. The number of H-pyrrole nitrogens is 1. The largest absolute Gasteiger partial charge is 0.496 e. The number of hydrogen-bond donors (Lipinski definition) is 2. The molecule has 2 aromatic carbocycles. The van der Waals surface area contributed by atoms with Crippen molar-refractivity contribution >= 4 is 21.9 Å². The van der Waals surface area contributed by atoms with Gasteiger partial charge in [0.1, 0.15) is 11.4 Å². The number of nitriles is 1. The fourth-order valence-corrected chi connectivity index (χ4v) is 3.63. The molecule has 0 bridgehead atoms. The molecule has 2 aromatic heterocycles. The lowest BCUT2D eigenvalue weighted by Gasteiger charge is -2.30. The number of aromatic nitrogens is 3. The number of hydrogen-bond acceptors (Lipinski definition) is 4. The Balaban J connectivity index is 2.01. The van der Waals surface area contributed by atoms with Crippen molar-refractivity contribution in [3.63, 3.8) is 0 Å². The van der Waals surface area contributed by atoms with Crippen LogP contribution in [0, 0.1) is 18.3 Å². The van der Waals surface area contributed by atoms with Gasteiger partial charge in [0, 0.05) is 22.7 Å². The number of methoxy groups -OCH3 is 1. The average molecular weight is 345 g/mol. The number of benzene rings is 2. The van der Waals surface area contributed by atoms with Gasteiger partial charge in [-0.1, -0.05) is 0 Å². The molecular weight excluding hydrogens is 326 g/mol. The van der Waals surface area contributed by atoms with E-state index in [0.717, 1.165) is 38.8 Å².